The molecule has 5 N–H and O–H groups in total. The Kier molecular flexibility index (Phi) is 17.1. The minimum Gasteiger partial charge on any atom is -0.391 e. The van der Waals surface area contributed by atoms with E-state index in [1.165, 1.54) is 6.92 Å². The first-order valence-electron chi connectivity index (χ1n) is 24.1. The van der Waals surface area contributed by atoms with Crippen molar-refractivity contribution in [3.63, 3.8) is 0 Å². The van der Waals surface area contributed by atoms with Crippen LogP contribution in [-0.2, 0) is 35.3 Å². The molecule has 71 heavy (non-hydrogen) atoms. The van der Waals surface area contributed by atoms with Crippen molar-refractivity contribution in [2.75, 3.05) is 13.1 Å². The number of carbonyl (C=O) groups is 3. The van der Waals surface area contributed by atoms with E-state index in [1.54, 1.807) is 32.5 Å². The SMILES string of the molecule is CC#CC.CC(=O)N[C@H](C(=O)N1C[C@H](O)C[C@H]1C1=NOC(C)(c2ccc(-c3scnc3C)cc2)C1)C(C)(C)C.Cc1ncsc1-c1ccc(C2(C)CC([C@@H]3C[C@@H](O)CN3C(=O)[C@@H](N)C(C)(C)C)=NO2)cc1. The highest BCUT2D eigenvalue weighted by Gasteiger charge is 2.49. The summed E-state index contributed by atoms with van der Waals surface area (Å²) in [5.41, 5.74) is 15.6. The molecule has 8 rings (SSSR count). The Morgan fingerprint density at radius 2 is 1.11 bits per heavy atom. The van der Waals surface area contributed by atoms with E-state index in [4.69, 9.17) is 15.4 Å². The number of aromatic nitrogens is 2. The van der Waals surface area contributed by atoms with Crippen LogP contribution in [0.3, 0.4) is 0 Å². The molecular formula is C54H72N8O7S2. The third kappa shape index (κ3) is 12.6. The van der Waals surface area contributed by atoms with Crippen molar-refractivity contribution >= 4 is 51.8 Å². The van der Waals surface area contributed by atoms with Gasteiger partial charge in [0.2, 0.25) is 17.7 Å². The van der Waals surface area contributed by atoms with Gasteiger partial charge in [-0.05, 0) is 74.6 Å². The second-order valence-corrected chi connectivity index (χ2v) is 23.2. The van der Waals surface area contributed by atoms with Crippen molar-refractivity contribution in [1.29, 1.82) is 0 Å². The Labute approximate surface area is 427 Å². The van der Waals surface area contributed by atoms with Gasteiger partial charge in [0.25, 0.3) is 0 Å². The molecule has 4 aliphatic rings. The Morgan fingerprint density at radius 1 is 0.718 bits per heavy atom. The maximum atomic E-state index is 13.5. The molecule has 2 fully saturated rings. The molecule has 4 aromatic rings. The number of carbonyl (C=O) groups excluding carboxylic acids is 3. The first-order chi connectivity index (χ1) is 33.3. The van der Waals surface area contributed by atoms with Crippen LogP contribution < -0.4 is 11.1 Å². The second kappa shape index (κ2) is 22.1. The maximum absolute atomic E-state index is 13.5. The van der Waals surface area contributed by atoms with Crippen LogP contribution in [0.15, 0.2) is 69.9 Å². The van der Waals surface area contributed by atoms with E-state index in [2.05, 4.69) is 73.8 Å². The molecule has 0 radical (unpaired) electrons. The summed E-state index contributed by atoms with van der Waals surface area (Å²) >= 11 is 3.24. The zero-order chi connectivity index (χ0) is 52.2. The number of likely N-dealkylation sites (tertiary alicyclic amines) is 2. The summed E-state index contributed by atoms with van der Waals surface area (Å²) in [6.45, 7) is 25.1. The number of hydrogen-bond acceptors (Lipinski definition) is 14. The average molecular weight is 1010 g/mol. The normalized spacial score (nSPS) is 24.7. The number of benzene rings is 2. The number of nitrogens with one attached hydrogen (secondary N) is 1. The van der Waals surface area contributed by atoms with Crippen molar-refractivity contribution in [1.82, 2.24) is 25.1 Å². The summed E-state index contributed by atoms with van der Waals surface area (Å²) in [6, 6.07) is 14.5. The fourth-order valence-electron chi connectivity index (χ4n) is 9.23. The van der Waals surface area contributed by atoms with Crippen LogP contribution in [0.2, 0.25) is 0 Å². The summed E-state index contributed by atoms with van der Waals surface area (Å²) in [5.74, 6) is 4.73. The molecule has 2 aromatic heterocycles. The smallest absolute Gasteiger partial charge is 0.246 e. The molecule has 0 aliphatic carbocycles. The van der Waals surface area contributed by atoms with Gasteiger partial charge < -0.3 is 40.7 Å². The lowest BCUT2D eigenvalue weighted by molar-refractivity contribution is -0.139. The number of nitrogens with zero attached hydrogens (tertiary/aromatic N) is 6. The third-order valence-corrected chi connectivity index (χ3v) is 15.5. The molecule has 17 heteroatoms. The molecule has 0 saturated carbocycles. The quantitative estimate of drug-likeness (QED) is 0.119. The van der Waals surface area contributed by atoms with Crippen LogP contribution in [0.1, 0.15) is 124 Å². The summed E-state index contributed by atoms with van der Waals surface area (Å²) < 4.78 is 0. The number of aliphatic hydroxyl groups excluding tert-OH is 2. The number of oxime groups is 2. The number of hydrogen-bond donors (Lipinski definition) is 4. The molecule has 0 bridgehead atoms. The molecule has 4 aliphatic heterocycles. The Bertz CT molecular complexity index is 2650. The largest absolute Gasteiger partial charge is 0.391 e. The number of amides is 3. The zero-order valence-corrected chi connectivity index (χ0v) is 45.1. The van der Waals surface area contributed by atoms with Crippen LogP contribution in [0, 0.1) is 36.5 Å². The molecule has 2 unspecified atom stereocenters. The van der Waals surface area contributed by atoms with Crippen LogP contribution in [0.5, 0.6) is 0 Å². The van der Waals surface area contributed by atoms with E-state index in [0.29, 0.717) is 25.7 Å². The molecule has 2 saturated heterocycles. The van der Waals surface area contributed by atoms with Gasteiger partial charge in [-0.1, -0.05) is 100 Å². The molecule has 6 heterocycles. The molecule has 8 atom stereocenters. The van der Waals surface area contributed by atoms with Gasteiger partial charge in [0.1, 0.15) is 6.04 Å². The minimum absolute atomic E-state index is 0.153. The van der Waals surface area contributed by atoms with Gasteiger partial charge in [0.15, 0.2) is 11.2 Å². The minimum atomic E-state index is -0.704. The molecule has 2 aromatic carbocycles. The summed E-state index contributed by atoms with van der Waals surface area (Å²) in [7, 11) is 0. The Morgan fingerprint density at radius 3 is 1.44 bits per heavy atom. The standard InChI is InChI=1S/C26H34N4O4S.C24H32N4O3S.C4H6/c1-15-22(35-14-27-15)17-7-9-18(10-8-17)26(6)12-20(29-34-26)21-11-19(32)13-30(21)24(33)23(25(3,4)5)28-16(2)31;1-14-20(32-13-26-14)15-6-8-16(9-7-15)24(5)11-18(27-31-24)19-10-17(29)12-28(19)22(30)21(25)23(2,3)4;1-3-4-2/h7-10,14,19,21,23,32H,11-13H2,1-6H3,(H,28,31);6-9,13,17,19,21,29H,10-12,25H2,1-5H3;1-2H3/t19-,21+,23-,26?;17-,19+,21-,24?;/m11./s1. The first-order valence-corrected chi connectivity index (χ1v) is 25.9. The highest BCUT2D eigenvalue weighted by atomic mass is 32.1. The van der Waals surface area contributed by atoms with E-state index in [0.717, 1.165) is 54.8 Å². The summed E-state index contributed by atoms with van der Waals surface area (Å²) in [4.78, 5) is 64.6. The highest BCUT2D eigenvalue weighted by molar-refractivity contribution is 7.13. The lowest BCUT2D eigenvalue weighted by Gasteiger charge is -2.35. The topological polar surface area (TPSA) is 205 Å². The van der Waals surface area contributed by atoms with Crippen molar-refractivity contribution in [2.45, 2.75) is 163 Å². The number of aliphatic hydroxyl groups is 2. The zero-order valence-electron chi connectivity index (χ0n) is 43.5. The monoisotopic (exact) mass is 1010 g/mol. The average Bonchev–Trinajstić information content (AvgIpc) is 4.20. The predicted molar refractivity (Wildman–Crippen MR) is 281 cm³/mol. The molecular weight excluding hydrogens is 937 g/mol. The van der Waals surface area contributed by atoms with Crippen LogP contribution in [0.25, 0.3) is 20.9 Å². The number of β-amino-alcohol motifs (C(OH)–C–C–N with tert-alkyl or cyclic N) is 2. The maximum Gasteiger partial charge on any atom is 0.246 e. The van der Waals surface area contributed by atoms with Crippen molar-refractivity contribution in [3.8, 4) is 32.7 Å². The van der Waals surface area contributed by atoms with Crippen LogP contribution in [-0.4, -0.2) is 109 Å². The van der Waals surface area contributed by atoms with Crippen molar-refractivity contribution in [3.05, 3.63) is 82.1 Å². The number of aryl methyl sites for hydroxylation is 2. The van der Waals surface area contributed by atoms with Gasteiger partial charge in [-0.25, -0.2) is 9.97 Å². The van der Waals surface area contributed by atoms with E-state index >= 15 is 0 Å². The molecule has 382 valence electrons. The predicted octanol–water partition coefficient (Wildman–Crippen LogP) is 8.10. The Hall–Kier alpha value is -5.51. The highest BCUT2D eigenvalue weighted by Crippen LogP contribution is 2.41. The Balaban J connectivity index is 0.000000217. The fraction of sp³-hybridized carbons (Fsp3) is 0.537. The number of nitrogens with two attached hydrogens (primary N) is 1. The van der Waals surface area contributed by atoms with Crippen LogP contribution >= 0.6 is 22.7 Å². The van der Waals surface area contributed by atoms with E-state index in [9.17, 15) is 24.6 Å². The van der Waals surface area contributed by atoms with Gasteiger partial charge >= 0.3 is 0 Å². The molecule has 15 nitrogen and oxygen atoms in total. The first kappa shape index (κ1) is 54.8. The lowest BCUT2D eigenvalue weighted by Crippen LogP contribution is -2.56. The van der Waals surface area contributed by atoms with E-state index in [1.807, 2.05) is 106 Å². The van der Waals surface area contributed by atoms with Crippen LogP contribution in [0.4, 0.5) is 0 Å². The van der Waals surface area contributed by atoms with Gasteiger partial charge in [-0.3, -0.25) is 14.4 Å². The van der Waals surface area contributed by atoms with Gasteiger partial charge in [-0.2, -0.15) is 0 Å². The summed E-state index contributed by atoms with van der Waals surface area (Å²) in [6.07, 6.45) is 0.659. The fourth-order valence-corrected chi connectivity index (χ4v) is 10.8. The third-order valence-electron chi connectivity index (χ3n) is 13.6. The van der Waals surface area contributed by atoms with E-state index < -0.39 is 40.9 Å². The van der Waals surface area contributed by atoms with Gasteiger partial charge in [0, 0.05) is 45.7 Å². The van der Waals surface area contributed by atoms with Gasteiger partial charge in [-0.15, -0.1) is 34.5 Å². The van der Waals surface area contributed by atoms with Crippen molar-refractivity contribution in [2.24, 2.45) is 26.9 Å². The number of thiazole rings is 2. The summed E-state index contributed by atoms with van der Waals surface area (Å²) in [5, 5.41) is 32.4. The van der Waals surface area contributed by atoms with Gasteiger partial charge in [0.05, 0.1) is 73.9 Å². The lowest BCUT2D eigenvalue weighted by atomic mass is 9.85. The van der Waals surface area contributed by atoms with E-state index in [-0.39, 0.29) is 48.3 Å². The van der Waals surface area contributed by atoms with Crippen molar-refractivity contribution < 1.29 is 34.3 Å². The molecule has 0 spiro atoms. The molecule has 3 amide bonds. The number of rotatable bonds is 9. The second-order valence-electron chi connectivity index (χ2n) is 21.5.